The van der Waals surface area contributed by atoms with Crippen LogP contribution in [0.4, 0.5) is 4.79 Å². The van der Waals surface area contributed by atoms with Gasteiger partial charge in [0.15, 0.2) is 0 Å². The first-order chi connectivity index (χ1) is 9.06. The maximum absolute atomic E-state index is 11.8. The fourth-order valence-electron chi connectivity index (χ4n) is 1.99. The molecule has 7 heteroatoms. The number of likely N-dealkylation sites (N-methyl/N-ethyl adjacent to an activating group) is 1. The first kappa shape index (κ1) is 14.3. The number of nitrogens with one attached hydrogen (secondary N) is 2. The summed E-state index contributed by atoms with van der Waals surface area (Å²) in [5, 5.41) is 7.69. The number of hydrogen-bond donors (Lipinski definition) is 2. The van der Waals surface area contributed by atoms with E-state index in [1.165, 1.54) is 0 Å². The molecule has 0 bridgehead atoms. The highest BCUT2D eigenvalue weighted by molar-refractivity contribution is 9.11. The van der Waals surface area contributed by atoms with E-state index in [0.29, 0.717) is 25.9 Å². The zero-order valence-corrected chi connectivity index (χ0v) is 13.0. The monoisotopic (exact) mass is 345 g/mol. The molecule has 5 nitrogen and oxygen atoms in total. The highest BCUT2D eigenvalue weighted by Crippen LogP contribution is 2.22. The summed E-state index contributed by atoms with van der Waals surface area (Å²) in [6.45, 7) is 1.08. The van der Waals surface area contributed by atoms with E-state index in [0.717, 1.165) is 9.35 Å². The summed E-state index contributed by atoms with van der Waals surface area (Å²) >= 11 is 5.03. The number of halogens is 1. The predicted molar refractivity (Wildman–Crippen MR) is 78.0 cm³/mol. The summed E-state index contributed by atoms with van der Waals surface area (Å²) in [4.78, 5) is 24.8. The first-order valence-corrected chi connectivity index (χ1v) is 7.73. The van der Waals surface area contributed by atoms with Crippen molar-refractivity contribution in [3.05, 3.63) is 20.8 Å². The molecule has 0 aliphatic carbocycles. The molecule has 2 N–H and O–H groups in total. The minimum absolute atomic E-state index is 0.0358. The number of carbonyl (C=O) groups is 2. The largest absolute Gasteiger partial charge is 0.344 e. The maximum atomic E-state index is 11.8. The molecular weight excluding hydrogens is 330 g/mol. The van der Waals surface area contributed by atoms with Gasteiger partial charge in [-0.1, -0.05) is 0 Å². The van der Waals surface area contributed by atoms with Crippen LogP contribution in [0, 0.1) is 0 Å². The standard InChI is InChI=1S/C12H16BrN3O2S/c1-16-7-9(2-3-10(16)17)15-12(18)14-6-8-4-5-19-11(8)13/h4-5,9H,2-3,6-7H2,1H3,(H2,14,15,18)/t9-/m0/s1. The molecular formula is C12H16BrN3O2S. The minimum atomic E-state index is -0.189. The molecule has 0 saturated carbocycles. The third-order valence-corrected chi connectivity index (χ3v) is 4.91. The number of rotatable bonds is 3. The van der Waals surface area contributed by atoms with Crippen molar-refractivity contribution in [1.29, 1.82) is 0 Å². The van der Waals surface area contributed by atoms with Crippen LogP contribution in [0.3, 0.4) is 0 Å². The number of hydrogen-bond acceptors (Lipinski definition) is 3. The Labute approximate surface area is 124 Å². The van der Waals surface area contributed by atoms with Gasteiger partial charge in [0.2, 0.25) is 5.91 Å². The Kier molecular flexibility index (Phi) is 4.81. The van der Waals surface area contributed by atoms with Crippen molar-refractivity contribution in [2.24, 2.45) is 0 Å². The van der Waals surface area contributed by atoms with Gasteiger partial charge in [0, 0.05) is 32.6 Å². The number of amides is 3. The molecule has 104 valence electrons. The lowest BCUT2D eigenvalue weighted by atomic mass is 10.1. The third-order valence-electron chi connectivity index (χ3n) is 3.09. The zero-order valence-electron chi connectivity index (χ0n) is 10.6. The Hall–Kier alpha value is -1.08. The minimum Gasteiger partial charge on any atom is -0.344 e. The van der Waals surface area contributed by atoms with Gasteiger partial charge in [-0.25, -0.2) is 4.79 Å². The van der Waals surface area contributed by atoms with E-state index in [1.54, 1.807) is 23.3 Å². The number of thiophene rings is 1. The van der Waals surface area contributed by atoms with E-state index in [1.807, 2.05) is 11.4 Å². The summed E-state index contributed by atoms with van der Waals surface area (Å²) in [5.41, 5.74) is 1.07. The van der Waals surface area contributed by atoms with E-state index in [4.69, 9.17) is 0 Å². The molecule has 0 aromatic carbocycles. The first-order valence-electron chi connectivity index (χ1n) is 6.06. The lowest BCUT2D eigenvalue weighted by Gasteiger charge is -2.30. The summed E-state index contributed by atoms with van der Waals surface area (Å²) in [5.74, 6) is 0.140. The van der Waals surface area contributed by atoms with Crippen molar-refractivity contribution in [3.8, 4) is 0 Å². The predicted octanol–water partition coefficient (Wildman–Crippen LogP) is 1.93. The van der Waals surface area contributed by atoms with Gasteiger partial charge in [0.1, 0.15) is 0 Å². The van der Waals surface area contributed by atoms with E-state index in [2.05, 4.69) is 26.6 Å². The number of urea groups is 1. The highest BCUT2D eigenvalue weighted by atomic mass is 79.9. The summed E-state index contributed by atoms with van der Waals surface area (Å²) in [7, 11) is 1.76. The molecule has 3 amide bonds. The summed E-state index contributed by atoms with van der Waals surface area (Å²) < 4.78 is 1.04. The van der Waals surface area contributed by atoms with Crippen molar-refractivity contribution < 1.29 is 9.59 Å². The molecule has 2 rings (SSSR count). The van der Waals surface area contributed by atoms with Crippen LogP contribution in [0.1, 0.15) is 18.4 Å². The average Bonchev–Trinajstić information content (AvgIpc) is 2.77. The Bertz CT molecular complexity index is 477. The molecule has 2 heterocycles. The fraction of sp³-hybridized carbons (Fsp3) is 0.500. The maximum Gasteiger partial charge on any atom is 0.315 e. The Morgan fingerprint density at radius 2 is 2.42 bits per heavy atom. The quantitative estimate of drug-likeness (QED) is 0.879. The molecule has 1 aromatic rings. The van der Waals surface area contributed by atoms with Crippen LogP contribution in [0.2, 0.25) is 0 Å². The second-order valence-electron chi connectivity index (χ2n) is 4.56. The van der Waals surface area contributed by atoms with Gasteiger partial charge in [-0.15, -0.1) is 11.3 Å². The van der Waals surface area contributed by atoms with Gasteiger partial charge < -0.3 is 15.5 Å². The molecule has 1 fully saturated rings. The highest BCUT2D eigenvalue weighted by Gasteiger charge is 2.23. The molecule has 1 aromatic heterocycles. The average molecular weight is 346 g/mol. The van der Waals surface area contributed by atoms with E-state index in [-0.39, 0.29) is 18.0 Å². The molecule has 1 aliphatic heterocycles. The van der Waals surface area contributed by atoms with Crippen molar-refractivity contribution in [1.82, 2.24) is 15.5 Å². The van der Waals surface area contributed by atoms with Gasteiger partial charge in [-0.2, -0.15) is 0 Å². The van der Waals surface area contributed by atoms with Gasteiger partial charge in [0.25, 0.3) is 0 Å². The summed E-state index contributed by atoms with van der Waals surface area (Å²) in [6.07, 6.45) is 1.20. The van der Waals surface area contributed by atoms with Crippen LogP contribution < -0.4 is 10.6 Å². The second-order valence-corrected chi connectivity index (χ2v) is 6.79. The number of carbonyl (C=O) groups excluding carboxylic acids is 2. The van der Waals surface area contributed by atoms with Crippen molar-refractivity contribution in [3.63, 3.8) is 0 Å². The molecule has 0 unspecified atom stereocenters. The Morgan fingerprint density at radius 3 is 3.05 bits per heavy atom. The van der Waals surface area contributed by atoms with Crippen LogP contribution in [0.15, 0.2) is 15.2 Å². The summed E-state index contributed by atoms with van der Waals surface area (Å²) in [6, 6.07) is 1.82. The molecule has 0 radical (unpaired) electrons. The Morgan fingerprint density at radius 1 is 1.63 bits per heavy atom. The van der Waals surface area contributed by atoms with Gasteiger partial charge in [0.05, 0.1) is 3.79 Å². The molecule has 19 heavy (non-hydrogen) atoms. The van der Waals surface area contributed by atoms with Crippen LogP contribution in [0.5, 0.6) is 0 Å². The smallest absolute Gasteiger partial charge is 0.315 e. The SMILES string of the molecule is CN1C[C@@H](NC(=O)NCc2ccsc2Br)CCC1=O. The fourth-order valence-corrected chi connectivity index (χ4v) is 3.23. The van der Waals surface area contributed by atoms with Crippen molar-refractivity contribution in [2.75, 3.05) is 13.6 Å². The van der Waals surface area contributed by atoms with Crippen molar-refractivity contribution >= 4 is 39.2 Å². The lowest BCUT2D eigenvalue weighted by molar-refractivity contribution is -0.132. The number of nitrogens with zero attached hydrogens (tertiary/aromatic N) is 1. The van der Waals surface area contributed by atoms with Crippen LogP contribution in [-0.4, -0.2) is 36.5 Å². The van der Waals surface area contributed by atoms with Crippen LogP contribution in [-0.2, 0) is 11.3 Å². The Balaban J connectivity index is 1.76. The number of piperidine rings is 1. The molecule has 1 atom stereocenters. The van der Waals surface area contributed by atoms with Gasteiger partial charge in [-0.05, 0) is 39.4 Å². The molecule has 0 spiro atoms. The molecule has 1 aliphatic rings. The van der Waals surface area contributed by atoms with E-state index < -0.39 is 0 Å². The van der Waals surface area contributed by atoms with E-state index in [9.17, 15) is 9.59 Å². The second kappa shape index (κ2) is 6.38. The van der Waals surface area contributed by atoms with Crippen LogP contribution >= 0.6 is 27.3 Å². The van der Waals surface area contributed by atoms with Gasteiger partial charge in [-0.3, -0.25) is 4.79 Å². The van der Waals surface area contributed by atoms with Gasteiger partial charge >= 0.3 is 6.03 Å². The van der Waals surface area contributed by atoms with Crippen LogP contribution in [0.25, 0.3) is 0 Å². The van der Waals surface area contributed by atoms with E-state index >= 15 is 0 Å². The zero-order chi connectivity index (χ0) is 13.8. The lowest BCUT2D eigenvalue weighted by Crippen LogP contribution is -2.50. The topological polar surface area (TPSA) is 61.4 Å². The number of likely N-dealkylation sites (tertiary alicyclic amines) is 1. The molecule has 1 saturated heterocycles. The van der Waals surface area contributed by atoms with Crippen molar-refractivity contribution in [2.45, 2.75) is 25.4 Å². The third kappa shape index (κ3) is 3.94. The normalized spacial score (nSPS) is 19.4.